The van der Waals surface area contributed by atoms with Crippen LogP contribution in [-0.2, 0) is 18.4 Å². The van der Waals surface area contributed by atoms with Crippen LogP contribution >= 0.6 is 0 Å². The second kappa shape index (κ2) is 8.67. The maximum absolute atomic E-state index is 11.6. The Morgan fingerprint density at radius 3 is 1.27 bits per heavy atom. The maximum Gasteiger partial charge on any atom is 0.321 e. The summed E-state index contributed by atoms with van der Waals surface area (Å²) in [4.78, 5) is 23.2. The summed E-state index contributed by atoms with van der Waals surface area (Å²) in [5.41, 5.74) is 0. The minimum absolute atomic E-state index is 0.0603. The van der Waals surface area contributed by atoms with Gasteiger partial charge in [0.2, 0.25) is 0 Å². The zero-order valence-corrected chi connectivity index (χ0v) is 16.9. The minimum Gasteiger partial charge on any atom is -0.513 e. The Labute approximate surface area is 139 Å². The molecule has 0 bridgehead atoms. The van der Waals surface area contributed by atoms with Crippen molar-refractivity contribution in [3.05, 3.63) is 12.2 Å². The molecule has 0 N–H and O–H groups in total. The van der Waals surface area contributed by atoms with Crippen LogP contribution in [0.1, 0.15) is 55.4 Å². The quantitative estimate of drug-likeness (QED) is 0.500. The second-order valence-corrected chi connectivity index (χ2v) is 10.5. The molecule has 0 aromatic rings. The van der Waals surface area contributed by atoms with Crippen molar-refractivity contribution in [3.8, 4) is 0 Å². The molecule has 0 fully saturated rings. The van der Waals surface area contributed by atoms with Crippen molar-refractivity contribution in [2.24, 2.45) is 11.8 Å². The first-order valence-electron chi connectivity index (χ1n) is 7.52. The Hall–Kier alpha value is -0.886. The fourth-order valence-corrected chi connectivity index (χ4v) is 2.14. The molecule has 6 heteroatoms. The zero-order chi connectivity index (χ0) is 17.6. The van der Waals surface area contributed by atoms with Gasteiger partial charge in [-0.15, -0.1) is 0 Å². The van der Waals surface area contributed by atoms with Gasteiger partial charge in [0.1, 0.15) is 0 Å². The van der Waals surface area contributed by atoms with Crippen LogP contribution in [0.3, 0.4) is 0 Å². The molecule has 0 unspecified atom stereocenters. The average molecular weight is 341 g/mol. The van der Waals surface area contributed by atoms with Gasteiger partial charge in [0.25, 0.3) is 0 Å². The van der Waals surface area contributed by atoms with E-state index < -0.39 is 11.9 Å². The smallest absolute Gasteiger partial charge is 0.321 e. The van der Waals surface area contributed by atoms with Gasteiger partial charge in [-0.2, -0.15) is 0 Å². The van der Waals surface area contributed by atoms with E-state index in [4.69, 9.17) is 8.85 Å². The lowest BCUT2D eigenvalue weighted by molar-refractivity contribution is -0.131. The Bertz CT molecular complexity index is 374. The first-order chi connectivity index (χ1) is 9.88. The van der Waals surface area contributed by atoms with E-state index in [-0.39, 0.29) is 29.6 Å². The van der Waals surface area contributed by atoms with E-state index in [1.165, 1.54) is 0 Å². The highest BCUT2D eigenvalue weighted by atomic mass is 28.2. The molecule has 124 valence electrons. The SMILES string of the molecule is CC(C)C(C)(C)[Si]OC(=O)/C=C\C(=O)O[Si]C(C)(C)C(C)C. The molecule has 0 aliphatic heterocycles. The topological polar surface area (TPSA) is 52.6 Å². The van der Waals surface area contributed by atoms with Crippen LogP contribution in [0.2, 0.25) is 10.1 Å². The van der Waals surface area contributed by atoms with Crippen LogP contribution < -0.4 is 0 Å². The first kappa shape index (κ1) is 21.1. The molecule has 4 nitrogen and oxygen atoms in total. The van der Waals surface area contributed by atoms with E-state index >= 15 is 0 Å². The van der Waals surface area contributed by atoms with Crippen LogP contribution in [0.25, 0.3) is 0 Å². The molecule has 0 spiro atoms. The summed E-state index contributed by atoms with van der Waals surface area (Å²) in [6.07, 6.45) is 2.27. The molecule has 0 aliphatic carbocycles. The molecule has 0 aromatic carbocycles. The van der Waals surface area contributed by atoms with Gasteiger partial charge in [-0.3, -0.25) is 0 Å². The molecule has 0 heterocycles. The molecule has 0 aromatic heterocycles. The highest BCUT2D eigenvalue weighted by Gasteiger charge is 2.28. The zero-order valence-electron chi connectivity index (χ0n) is 14.9. The van der Waals surface area contributed by atoms with Crippen molar-refractivity contribution >= 4 is 31.5 Å². The van der Waals surface area contributed by atoms with Crippen molar-refractivity contribution in [1.29, 1.82) is 0 Å². The average Bonchev–Trinajstić information content (AvgIpc) is 2.40. The molecule has 0 aliphatic rings. The molecule has 0 amide bonds. The predicted octanol–water partition coefficient (Wildman–Crippen LogP) is 3.58. The third kappa shape index (κ3) is 7.93. The van der Waals surface area contributed by atoms with E-state index in [0.29, 0.717) is 11.8 Å². The molecule has 0 saturated carbocycles. The lowest BCUT2D eigenvalue weighted by atomic mass is 9.99. The molecular formula is C16H28O4Si2. The molecular weight excluding hydrogens is 312 g/mol. The van der Waals surface area contributed by atoms with Crippen LogP contribution in [0.15, 0.2) is 12.2 Å². The number of carbonyl (C=O) groups is 2. The molecule has 0 saturated heterocycles. The van der Waals surface area contributed by atoms with Gasteiger partial charge in [-0.25, -0.2) is 9.59 Å². The molecule has 0 rings (SSSR count). The first-order valence-corrected chi connectivity index (χ1v) is 9.34. The lowest BCUT2D eigenvalue weighted by Crippen LogP contribution is -2.24. The van der Waals surface area contributed by atoms with E-state index in [1.54, 1.807) is 0 Å². The molecule has 0 atom stereocenters. The van der Waals surface area contributed by atoms with Crippen molar-refractivity contribution in [2.45, 2.75) is 65.5 Å². The maximum atomic E-state index is 11.6. The van der Waals surface area contributed by atoms with E-state index in [9.17, 15) is 9.59 Å². The number of hydrogen-bond acceptors (Lipinski definition) is 4. The van der Waals surface area contributed by atoms with Gasteiger partial charge >= 0.3 is 31.5 Å². The second-order valence-electron chi connectivity index (χ2n) is 7.13. The van der Waals surface area contributed by atoms with Gasteiger partial charge in [0.15, 0.2) is 0 Å². The summed E-state index contributed by atoms with van der Waals surface area (Å²) in [5, 5.41) is -0.126. The third-order valence-corrected chi connectivity index (χ3v) is 6.88. The summed E-state index contributed by atoms with van der Waals surface area (Å²) in [7, 11) is 0.121. The summed E-state index contributed by atoms with van der Waals surface area (Å²) >= 11 is 0. The fourth-order valence-electron chi connectivity index (χ4n) is 0.803. The van der Waals surface area contributed by atoms with Gasteiger partial charge in [-0.05, 0) is 21.9 Å². The number of hydrogen-bond donors (Lipinski definition) is 0. The summed E-state index contributed by atoms with van der Waals surface area (Å²) in [6.45, 7) is 16.6. The number of rotatable bonds is 8. The van der Waals surface area contributed by atoms with Crippen molar-refractivity contribution in [2.75, 3.05) is 0 Å². The number of carbonyl (C=O) groups excluding carboxylic acids is 2. The Balaban J connectivity index is 4.26. The van der Waals surface area contributed by atoms with Crippen molar-refractivity contribution < 1.29 is 18.4 Å². The third-order valence-electron chi connectivity index (χ3n) is 4.07. The fraction of sp³-hybridized carbons (Fsp3) is 0.750. The van der Waals surface area contributed by atoms with Crippen LogP contribution in [0.4, 0.5) is 0 Å². The summed E-state index contributed by atoms with van der Waals surface area (Å²) in [6, 6.07) is 0. The predicted molar refractivity (Wildman–Crippen MR) is 90.6 cm³/mol. The van der Waals surface area contributed by atoms with Gasteiger partial charge in [-0.1, -0.05) is 55.4 Å². The van der Waals surface area contributed by atoms with Crippen LogP contribution in [0, 0.1) is 11.8 Å². The van der Waals surface area contributed by atoms with Crippen molar-refractivity contribution in [3.63, 3.8) is 0 Å². The van der Waals surface area contributed by atoms with E-state index in [2.05, 4.69) is 55.4 Å². The minimum atomic E-state index is -0.504. The normalized spacial score (nSPS) is 13.0. The Kier molecular flexibility index (Phi) is 8.32. The molecule has 4 radical (unpaired) electrons. The highest BCUT2D eigenvalue weighted by Crippen LogP contribution is 2.33. The lowest BCUT2D eigenvalue weighted by Gasteiger charge is -2.26. The van der Waals surface area contributed by atoms with E-state index in [0.717, 1.165) is 12.2 Å². The standard InChI is InChI=1S/C16H28O4Si2/c1-11(2)15(5,6)21-19-13(17)9-10-14(18)20-22-16(7,8)12(3)4/h9-12H,1-8H3/b10-9-. The summed E-state index contributed by atoms with van der Waals surface area (Å²) in [5.74, 6) is -0.190. The largest absolute Gasteiger partial charge is 0.513 e. The van der Waals surface area contributed by atoms with Gasteiger partial charge in [0.05, 0.1) is 0 Å². The van der Waals surface area contributed by atoms with E-state index in [1.807, 2.05) is 0 Å². The molecule has 22 heavy (non-hydrogen) atoms. The Morgan fingerprint density at radius 1 is 0.773 bits per heavy atom. The van der Waals surface area contributed by atoms with Crippen molar-refractivity contribution in [1.82, 2.24) is 0 Å². The Morgan fingerprint density at radius 2 is 1.05 bits per heavy atom. The van der Waals surface area contributed by atoms with Crippen LogP contribution in [0.5, 0.6) is 0 Å². The van der Waals surface area contributed by atoms with Crippen LogP contribution in [-0.4, -0.2) is 31.5 Å². The highest BCUT2D eigenvalue weighted by molar-refractivity contribution is 6.36. The van der Waals surface area contributed by atoms with Gasteiger partial charge in [0, 0.05) is 12.2 Å². The summed E-state index contributed by atoms with van der Waals surface area (Å²) < 4.78 is 10.4. The van der Waals surface area contributed by atoms with Gasteiger partial charge < -0.3 is 8.85 Å². The monoisotopic (exact) mass is 340 g/mol.